The number of hydrogen-bond acceptors (Lipinski definition) is 6. The molecule has 4 atom stereocenters. The van der Waals surface area contributed by atoms with Crippen molar-refractivity contribution >= 4 is 11.9 Å². The van der Waals surface area contributed by atoms with E-state index in [0.29, 0.717) is 0 Å². The highest BCUT2D eigenvalue weighted by molar-refractivity contribution is 5.66. The third kappa shape index (κ3) is 34.1. The maximum atomic E-state index is 10.4. The van der Waals surface area contributed by atoms with E-state index in [2.05, 4.69) is 24.5 Å². The second-order valence-corrected chi connectivity index (χ2v) is 13.4. The first-order valence-electron chi connectivity index (χ1n) is 19.4. The lowest BCUT2D eigenvalue weighted by Gasteiger charge is -2.22. The third-order valence-electron chi connectivity index (χ3n) is 9.19. The fourth-order valence-corrected chi connectivity index (χ4v) is 6.07. The van der Waals surface area contributed by atoms with Gasteiger partial charge in [-0.1, -0.05) is 142 Å². The Balaban J connectivity index is 0. The van der Waals surface area contributed by atoms with Crippen LogP contribution in [0.25, 0.3) is 0 Å². The lowest BCUT2D eigenvalue weighted by Crippen LogP contribution is -2.37. The molecule has 0 fully saturated rings. The van der Waals surface area contributed by atoms with E-state index in [-0.39, 0.29) is 37.1 Å². The van der Waals surface area contributed by atoms with Crippen molar-refractivity contribution in [3.63, 3.8) is 0 Å². The minimum atomic E-state index is -0.702. The number of rotatable bonds is 34. The number of carbonyl (C=O) groups is 2. The SMILES string of the molecule is CCCCCCCCC(NC)C(O)CCCCCCCC(=O)O.CCCCCCCCC(O)C(CCCCCCCC(=O)O)NC. The number of unbranched alkanes of at least 4 members (excludes halogenated alkanes) is 18. The molecule has 0 aromatic rings. The molecule has 0 bridgehead atoms. The fraction of sp³-hybridized carbons (Fsp3) is 0.947. The molecule has 0 rings (SSSR count). The van der Waals surface area contributed by atoms with Crippen molar-refractivity contribution in [2.24, 2.45) is 0 Å². The number of aliphatic hydroxyl groups excluding tert-OH is 2. The quantitative estimate of drug-likeness (QED) is 0.0377. The Kier molecular flexibility index (Phi) is 37.3. The molecule has 276 valence electrons. The van der Waals surface area contributed by atoms with Crippen molar-refractivity contribution in [2.45, 2.75) is 218 Å². The fourth-order valence-electron chi connectivity index (χ4n) is 6.07. The van der Waals surface area contributed by atoms with Crippen LogP contribution < -0.4 is 10.6 Å². The minimum absolute atomic E-state index is 0.199. The summed E-state index contributed by atoms with van der Waals surface area (Å²) in [6.07, 6.45) is 29.3. The second kappa shape index (κ2) is 36.6. The van der Waals surface area contributed by atoms with Gasteiger partial charge in [0.2, 0.25) is 0 Å². The summed E-state index contributed by atoms with van der Waals surface area (Å²) in [4.78, 5) is 20.8. The Morgan fingerprint density at radius 3 is 0.978 bits per heavy atom. The topological polar surface area (TPSA) is 139 Å². The van der Waals surface area contributed by atoms with Crippen molar-refractivity contribution in [1.82, 2.24) is 10.6 Å². The molecule has 0 aliphatic carbocycles. The zero-order chi connectivity index (χ0) is 34.7. The van der Waals surface area contributed by atoms with Gasteiger partial charge in [0.15, 0.2) is 0 Å². The molecule has 0 radical (unpaired) electrons. The number of hydrogen-bond donors (Lipinski definition) is 6. The second-order valence-electron chi connectivity index (χ2n) is 13.4. The van der Waals surface area contributed by atoms with Gasteiger partial charge in [0.25, 0.3) is 0 Å². The number of likely N-dealkylation sites (N-methyl/N-ethyl adjacent to an activating group) is 2. The molecule has 6 N–H and O–H groups in total. The number of nitrogens with one attached hydrogen (secondary N) is 2. The van der Waals surface area contributed by atoms with Gasteiger partial charge in [0.05, 0.1) is 12.2 Å². The molecule has 0 spiro atoms. The molecule has 0 saturated heterocycles. The van der Waals surface area contributed by atoms with E-state index in [1.165, 1.54) is 70.6 Å². The summed E-state index contributed by atoms with van der Waals surface area (Å²) in [5, 5.41) is 44.2. The van der Waals surface area contributed by atoms with Crippen LogP contribution in [0.1, 0.15) is 194 Å². The Labute approximate surface area is 284 Å². The number of aliphatic carboxylic acids is 2. The van der Waals surface area contributed by atoms with E-state index in [1.807, 2.05) is 14.1 Å². The van der Waals surface area contributed by atoms with Crippen molar-refractivity contribution < 1.29 is 30.0 Å². The van der Waals surface area contributed by atoms with Crippen LogP contribution in [-0.2, 0) is 9.59 Å². The first-order chi connectivity index (χ1) is 22.2. The average molecular weight is 659 g/mol. The van der Waals surface area contributed by atoms with Crippen LogP contribution in [0.4, 0.5) is 0 Å². The molecule has 0 amide bonds. The van der Waals surface area contributed by atoms with Crippen LogP contribution in [0.3, 0.4) is 0 Å². The Hall–Kier alpha value is -1.22. The lowest BCUT2D eigenvalue weighted by atomic mass is 9.97. The summed E-state index contributed by atoms with van der Waals surface area (Å²) in [6, 6.07) is 0.415. The van der Waals surface area contributed by atoms with Gasteiger partial charge in [0.1, 0.15) is 0 Å². The number of carboxylic acid groups (broad SMARTS) is 2. The third-order valence-corrected chi connectivity index (χ3v) is 9.19. The van der Waals surface area contributed by atoms with Crippen LogP contribution in [0, 0.1) is 0 Å². The monoisotopic (exact) mass is 659 g/mol. The first-order valence-corrected chi connectivity index (χ1v) is 19.4. The Morgan fingerprint density at radius 2 is 0.696 bits per heavy atom. The predicted octanol–water partition coefficient (Wildman–Crippen LogP) is 9.00. The molecule has 0 aliphatic heterocycles. The standard InChI is InChI=1S/2C19H39NO3/c1-3-4-5-6-9-12-15-18(21)17(20-2)14-11-8-7-10-13-16-19(22)23;1-3-4-5-6-8-11-14-17(20-2)18(21)15-12-9-7-10-13-16-19(22)23/h2*17-18,20-21H,3-16H2,1-2H3,(H,22,23). The van der Waals surface area contributed by atoms with Crippen LogP contribution in [0.5, 0.6) is 0 Å². The highest BCUT2D eigenvalue weighted by Gasteiger charge is 2.17. The Morgan fingerprint density at radius 1 is 0.435 bits per heavy atom. The normalized spacial score (nSPS) is 13.9. The lowest BCUT2D eigenvalue weighted by molar-refractivity contribution is -0.138. The highest BCUT2D eigenvalue weighted by atomic mass is 16.4. The molecule has 46 heavy (non-hydrogen) atoms. The zero-order valence-electron chi connectivity index (χ0n) is 30.7. The summed E-state index contributed by atoms with van der Waals surface area (Å²) in [5.74, 6) is -1.40. The Bertz CT molecular complexity index is 651. The van der Waals surface area contributed by atoms with Crippen molar-refractivity contribution in [3.05, 3.63) is 0 Å². The van der Waals surface area contributed by atoms with Gasteiger partial charge in [0, 0.05) is 24.9 Å². The molecule has 0 aromatic carbocycles. The summed E-state index contributed by atoms with van der Waals surface area (Å²) >= 11 is 0. The predicted molar refractivity (Wildman–Crippen MR) is 194 cm³/mol. The van der Waals surface area contributed by atoms with E-state index >= 15 is 0 Å². The summed E-state index contributed by atoms with van der Waals surface area (Å²) in [5.41, 5.74) is 0. The van der Waals surface area contributed by atoms with Crippen LogP contribution in [0.2, 0.25) is 0 Å². The smallest absolute Gasteiger partial charge is 0.303 e. The first kappa shape index (κ1) is 46.9. The van der Waals surface area contributed by atoms with Gasteiger partial charge in [-0.3, -0.25) is 9.59 Å². The molecule has 0 heterocycles. The summed E-state index contributed by atoms with van der Waals surface area (Å²) in [7, 11) is 3.87. The number of carboxylic acids is 2. The van der Waals surface area contributed by atoms with Gasteiger partial charge in [-0.2, -0.15) is 0 Å². The minimum Gasteiger partial charge on any atom is -0.481 e. The summed E-state index contributed by atoms with van der Waals surface area (Å²) in [6.45, 7) is 4.47. The maximum absolute atomic E-state index is 10.4. The molecular formula is C38H78N2O6. The van der Waals surface area contributed by atoms with Crippen LogP contribution in [-0.4, -0.2) is 70.8 Å². The van der Waals surface area contributed by atoms with Crippen LogP contribution >= 0.6 is 0 Å². The highest BCUT2D eigenvalue weighted by Crippen LogP contribution is 2.16. The van der Waals surface area contributed by atoms with Crippen LogP contribution in [0.15, 0.2) is 0 Å². The number of aliphatic hydroxyl groups is 2. The van der Waals surface area contributed by atoms with Gasteiger partial charge in [-0.15, -0.1) is 0 Å². The molecule has 0 aliphatic rings. The van der Waals surface area contributed by atoms with E-state index in [9.17, 15) is 19.8 Å². The van der Waals surface area contributed by atoms with E-state index in [0.717, 1.165) is 96.3 Å². The average Bonchev–Trinajstić information content (AvgIpc) is 3.03. The van der Waals surface area contributed by atoms with Gasteiger partial charge in [-0.25, -0.2) is 0 Å². The molecule has 0 aromatic heterocycles. The molecule has 8 nitrogen and oxygen atoms in total. The van der Waals surface area contributed by atoms with Gasteiger partial charge < -0.3 is 31.1 Å². The van der Waals surface area contributed by atoms with Gasteiger partial charge in [-0.05, 0) is 52.6 Å². The zero-order valence-corrected chi connectivity index (χ0v) is 30.7. The van der Waals surface area contributed by atoms with E-state index in [4.69, 9.17) is 10.2 Å². The molecule has 8 heteroatoms. The maximum Gasteiger partial charge on any atom is 0.303 e. The summed E-state index contributed by atoms with van der Waals surface area (Å²) < 4.78 is 0. The van der Waals surface area contributed by atoms with Gasteiger partial charge >= 0.3 is 11.9 Å². The molecule has 4 unspecified atom stereocenters. The largest absolute Gasteiger partial charge is 0.481 e. The van der Waals surface area contributed by atoms with Crippen molar-refractivity contribution in [2.75, 3.05) is 14.1 Å². The molecular weight excluding hydrogens is 580 g/mol. The van der Waals surface area contributed by atoms with E-state index < -0.39 is 11.9 Å². The molecule has 0 saturated carbocycles. The van der Waals surface area contributed by atoms with E-state index in [1.54, 1.807) is 0 Å². The van der Waals surface area contributed by atoms with Crippen molar-refractivity contribution in [1.29, 1.82) is 0 Å². The van der Waals surface area contributed by atoms with Crippen molar-refractivity contribution in [3.8, 4) is 0 Å².